The van der Waals surface area contributed by atoms with E-state index in [9.17, 15) is 14.4 Å². The van der Waals surface area contributed by atoms with Crippen LogP contribution in [0.2, 0.25) is 0 Å². The fourth-order valence-electron chi connectivity index (χ4n) is 1.50. The fourth-order valence-corrected chi connectivity index (χ4v) is 1.50. The summed E-state index contributed by atoms with van der Waals surface area (Å²) in [6.45, 7) is 5.03. The van der Waals surface area contributed by atoms with E-state index in [1.54, 1.807) is 20.8 Å². The number of amides is 2. The first-order valence-corrected chi connectivity index (χ1v) is 6.24. The highest BCUT2D eigenvalue weighted by Crippen LogP contribution is 2.02. The van der Waals surface area contributed by atoms with Crippen LogP contribution in [0.5, 0.6) is 0 Å². The van der Waals surface area contributed by atoms with Gasteiger partial charge in [-0.2, -0.15) is 0 Å². The molecule has 110 valence electrons. The van der Waals surface area contributed by atoms with Crippen molar-refractivity contribution >= 4 is 17.8 Å². The molecule has 0 fully saturated rings. The van der Waals surface area contributed by atoms with E-state index in [1.165, 1.54) is 7.05 Å². The van der Waals surface area contributed by atoms with Crippen LogP contribution in [0.15, 0.2) is 0 Å². The molecule has 0 aliphatic rings. The van der Waals surface area contributed by atoms with Crippen LogP contribution in [0.4, 0.5) is 0 Å². The maximum atomic E-state index is 11.8. The van der Waals surface area contributed by atoms with Gasteiger partial charge in [0.15, 0.2) is 0 Å². The zero-order valence-electron chi connectivity index (χ0n) is 11.8. The number of carbonyl (C=O) groups is 3. The highest BCUT2D eigenvalue weighted by Gasteiger charge is 2.25. The zero-order chi connectivity index (χ0) is 15.2. The summed E-state index contributed by atoms with van der Waals surface area (Å²) >= 11 is 0. The lowest BCUT2D eigenvalue weighted by atomic mass is 10.1. The predicted octanol–water partition coefficient (Wildman–Crippen LogP) is -0.592. The molecule has 0 aromatic carbocycles. The van der Waals surface area contributed by atoms with Crippen molar-refractivity contribution in [1.29, 1.82) is 0 Å². The van der Waals surface area contributed by atoms with Crippen molar-refractivity contribution in [2.45, 2.75) is 39.3 Å². The molecule has 0 aromatic heterocycles. The van der Waals surface area contributed by atoms with Crippen molar-refractivity contribution in [3.8, 4) is 0 Å². The Bertz CT molecular complexity index is 344. The summed E-state index contributed by atoms with van der Waals surface area (Å²) in [5.74, 6) is -1.97. The minimum Gasteiger partial charge on any atom is -0.480 e. The van der Waals surface area contributed by atoms with E-state index < -0.39 is 29.9 Å². The maximum absolute atomic E-state index is 11.8. The molecule has 0 bridgehead atoms. The molecule has 1 unspecified atom stereocenters. The van der Waals surface area contributed by atoms with Crippen molar-refractivity contribution in [1.82, 2.24) is 10.2 Å². The molecule has 2 amide bonds. The summed E-state index contributed by atoms with van der Waals surface area (Å²) < 4.78 is 0. The number of carboxylic acids is 1. The van der Waals surface area contributed by atoms with E-state index in [0.29, 0.717) is 6.42 Å². The smallest absolute Gasteiger partial charge is 0.326 e. The van der Waals surface area contributed by atoms with Crippen LogP contribution in [0.25, 0.3) is 0 Å². The zero-order valence-corrected chi connectivity index (χ0v) is 11.8. The van der Waals surface area contributed by atoms with Crippen LogP contribution in [0.3, 0.4) is 0 Å². The normalized spacial score (nSPS) is 13.8. The lowest BCUT2D eigenvalue weighted by molar-refractivity contribution is -0.149. The molecule has 0 spiro atoms. The Morgan fingerprint density at radius 1 is 1.32 bits per heavy atom. The van der Waals surface area contributed by atoms with Crippen molar-refractivity contribution in [2.75, 3.05) is 13.6 Å². The topological polar surface area (TPSA) is 113 Å². The summed E-state index contributed by atoms with van der Waals surface area (Å²) in [6, 6.07) is -1.57. The highest BCUT2D eigenvalue weighted by molar-refractivity contribution is 5.89. The van der Waals surface area contributed by atoms with Crippen LogP contribution < -0.4 is 11.1 Å². The molecule has 0 aliphatic heterocycles. The SMILES string of the molecule is CCC(C(=O)O)N(C)C(=O)CNC(=O)[C@@H](N)C(C)C. The van der Waals surface area contributed by atoms with Crippen molar-refractivity contribution in [2.24, 2.45) is 11.7 Å². The summed E-state index contributed by atoms with van der Waals surface area (Å²) in [4.78, 5) is 35.3. The molecular formula is C12H23N3O4. The molecule has 0 saturated carbocycles. The van der Waals surface area contributed by atoms with Crippen LogP contribution in [-0.2, 0) is 14.4 Å². The quantitative estimate of drug-likeness (QED) is 0.573. The van der Waals surface area contributed by atoms with Gasteiger partial charge in [0, 0.05) is 7.05 Å². The number of rotatable bonds is 7. The minimum atomic E-state index is -1.07. The molecule has 2 atom stereocenters. The first-order valence-electron chi connectivity index (χ1n) is 6.24. The summed E-state index contributed by atoms with van der Waals surface area (Å²) in [5, 5.41) is 11.3. The van der Waals surface area contributed by atoms with E-state index in [1.807, 2.05) is 0 Å². The van der Waals surface area contributed by atoms with Gasteiger partial charge in [-0.1, -0.05) is 20.8 Å². The molecule has 4 N–H and O–H groups in total. The second-order valence-corrected chi connectivity index (χ2v) is 4.75. The van der Waals surface area contributed by atoms with Gasteiger partial charge < -0.3 is 21.1 Å². The Balaban J connectivity index is 4.39. The molecular weight excluding hydrogens is 250 g/mol. The highest BCUT2D eigenvalue weighted by atomic mass is 16.4. The van der Waals surface area contributed by atoms with Crippen LogP contribution >= 0.6 is 0 Å². The lowest BCUT2D eigenvalue weighted by Crippen LogP contribution is -2.50. The molecule has 7 nitrogen and oxygen atoms in total. The van der Waals surface area contributed by atoms with Gasteiger partial charge in [0.25, 0.3) is 0 Å². The average molecular weight is 273 g/mol. The Labute approximate surface area is 113 Å². The number of aliphatic carboxylic acids is 1. The average Bonchev–Trinajstić information content (AvgIpc) is 2.34. The number of carboxylic acid groups (broad SMARTS) is 1. The Hall–Kier alpha value is -1.63. The van der Waals surface area contributed by atoms with Gasteiger partial charge in [-0.3, -0.25) is 9.59 Å². The molecule has 19 heavy (non-hydrogen) atoms. The fraction of sp³-hybridized carbons (Fsp3) is 0.750. The van der Waals surface area contributed by atoms with E-state index in [-0.39, 0.29) is 12.5 Å². The Kier molecular flexibility index (Phi) is 7.06. The second kappa shape index (κ2) is 7.73. The monoisotopic (exact) mass is 273 g/mol. The number of carbonyl (C=O) groups excluding carboxylic acids is 2. The van der Waals surface area contributed by atoms with Gasteiger partial charge in [0.2, 0.25) is 11.8 Å². The molecule has 0 heterocycles. The molecule has 0 saturated heterocycles. The third-order valence-corrected chi connectivity index (χ3v) is 2.97. The van der Waals surface area contributed by atoms with Crippen molar-refractivity contribution in [3.63, 3.8) is 0 Å². The summed E-state index contributed by atoms with van der Waals surface area (Å²) in [5.41, 5.74) is 5.63. The predicted molar refractivity (Wildman–Crippen MR) is 70.3 cm³/mol. The first kappa shape index (κ1) is 17.4. The maximum Gasteiger partial charge on any atom is 0.326 e. The Morgan fingerprint density at radius 2 is 1.84 bits per heavy atom. The first-order chi connectivity index (χ1) is 8.72. The largest absolute Gasteiger partial charge is 0.480 e. The molecule has 0 rings (SSSR count). The Morgan fingerprint density at radius 3 is 2.21 bits per heavy atom. The summed E-state index contributed by atoms with van der Waals surface area (Å²) in [7, 11) is 1.40. The molecule has 0 radical (unpaired) electrons. The van der Waals surface area contributed by atoms with Gasteiger partial charge in [0.1, 0.15) is 6.04 Å². The second-order valence-electron chi connectivity index (χ2n) is 4.75. The summed E-state index contributed by atoms with van der Waals surface area (Å²) in [6.07, 6.45) is 0.303. The lowest BCUT2D eigenvalue weighted by Gasteiger charge is -2.24. The molecule has 0 aromatic rings. The van der Waals surface area contributed by atoms with E-state index in [2.05, 4.69) is 5.32 Å². The van der Waals surface area contributed by atoms with Gasteiger partial charge in [-0.15, -0.1) is 0 Å². The molecule has 0 aliphatic carbocycles. The van der Waals surface area contributed by atoms with Crippen molar-refractivity contribution < 1.29 is 19.5 Å². The van der Waals surface area contributed by atoms with Gasteiger partial charge in [0.05, 0.1) is 12.6 Å². The van der Waals surface area contributed by atoms with Crippen LogP contribution in [0.1, 0.15) is 27.2 Å². The number of nitrogens with two attached hydrogens (primary N) is 1. The number of hydrogen-bond acceptors (Lipinski definition) is 4. The number of hydrogen-bond donors (Lipinski definition) is 3. The standard InChI is InChI=1S/C12H23N3O4/c1-5-8(12(18)19)15(4)9(16)6-14-11(17)10(13)7(2)3/h7-8,10H,5-6,13H2,1-4H3,(H,14,17)(H,18,19)/t8?,10-/m0/s1. The van der Waals surface area contributed by atoms with Gasteiger partial charge >= 0.3 is 5.97 Å². The van der Waals surface area contributed by atoms with E-state index >= 15 is 0 Å². The van der Waals surface area contributed by atoms with E-state index in [4.69, 9.17) is 10.8 Å². The van der Waals surface area contributed by atoms with Crippen LogP contribution in [0, 0.1) is 5.92 Å². The molecule has 7 heteroatoms. The van der Waals surface area contributed by atoms with Gasteiger partial charge in [-0.25, -0.2) is 4.79 Å². The minimum absolute atomic E-state index is 0.0322. The van der Waals surface area contributed by atoms with Gasteiger partial charge in [-0.05, 0) is 12.3 Å². The number of nitrogens with one attached hydrogen (secondary N) is 1. The van der Waals surface area contributed by atoms with Crippen LogP contribution in [-0.4, -0.2) is 53.5 Å². The third-order valence-electron chi connectivity index (χ3n) is 2.97. The van der Waals surface area contributed by atoms with Crippen molar-refractivity contribution in [3.05, 3.63) is 0 Å². The number of nitrogens with zero attached hydrogens (tertiary/aromatic N) is 1. The van der Waals surface area contributed by atoms with E-state index in [0.717, 1.165) is 4.90 Å². The number of likely N-dealkylation sites (N-methyl/N-ethyl adjacent to an activating group) is 1. The third kappa shape index (κ3) is 5.25.